The van der Waals surface area contributed by atoms with E-state index in [2.05, 4.69) is 15.9 Å². The molecule has 0 saturated heterocycles. The van der Waals surface area contributed by atoms with E-state index in [-0.39, 0.29) is 6.67 Å². The molecular formula is C24H13BrCl2N2O3S. The van der Waals surface area contributed by atoms with Gasteiger partial charge < -0.3 is 0 Å². The van der Waals surface area contributed by atoms with Gasteiger partial charge in [0, 0.05) is 25.3 Å². The van der Waals surface area contributed by atoms with Gasteiger partial charge in [-0.3, -0.25) is 24.2 Å². The summed E-state index contributed by atoms with van der Waals surface area (Å²) in [6.07, 6.45) is 0. The van der Waals surface area contributed by atoms with Crippen LogP contribution in [0.4, 0.5) is 5.69 Å². The van der Waals surface area contributed by atoms with Gasteiger partial charge in [-0.15, -0.1) is 11.3 Å². The van der Waals surface area contributed by atoms with Gasteiger partial charge in [0.15, 0.2) is 0 Å². The predicted octanol–water partition coefficient (Wildman–Crippen LogP) is 6.87. The number of fused-ring (bicyclic) bond motifs is 2. The van der Waals surface area contributed by atoms with Crippen LogP contribution in [0.3, 0.4) is 0 Å². The fourth-order valence-corrected chi connectivity index (χ4v) is 5.83. The molecule has 1 aromatic heterocycles. The van der Waals surface area contributed by atoms with Crippen LogP contribution in [0.2, 0.25) is 10.0 Å². The lowest BCUT2D eigenvalue weighted by Gasteiger charge is -2.27. The van der Waals surface area contributed by atoms with Crippen molar-refractivity contribution < 1.29 is 14.4 Å². The van der Waals surface area contributed by atoms with Gasteiger partial charge in [0.1, 0.15) is 11.5 Å². The number of thiophene rings is 1. The molecule has 5 nitrogen and oxygen atoms in total. The number of rotatable bonds is 4. The van der Waals surface area contributed by atoms with E-state index < -0.39 is 17.7 Å². The molecule has 0 fully saturated rings. The minimum atomic E-state index is -0.450. The SMILES string of the molecule is O=C1c2ccccc2C(=O)N1CN(C(=O)c1sc2cc(Br)ccc2c1Cl)c1ccc(Cl)cc1. The van der Waals surface area contributed by atoms with Gasteiger partial charge in [-0.1, -0.05) is 57.3 Å². The molecule has 0 spiro atoms. The minimum Gasteiger partial charge on any atom is -0.289 e. The second-order valence-electron chi connectivity index (χ2n) is 7.32. The Labute approximate surface area is 211 Å². The molecule has 0 radical (unpaired) electrons. The second kappa shape index (κ2) is 8.57. The molecule has 5 rings (SSSR count). The summed E-state index contributed by atoms with van der Waals surface area (Å²) >= 11 is 17.3. The number of carbonyl (C=O) groups excluding carboxylic acids is 3. The molecule has 0 saturated carbocycles. The molecule has 0 bridgehead atoms. The summed E-state index contributed by atoms with van der Waals surface area (Å²) in [5.41, 5.74) is 1.11. The molecule has 4 aromatic rings. The first-order chi connectivity index (χ1) is 15.8. The first-order valence-electron chi connectivity index (χ1n) is 9.75. The lowest BCUT2D eigenvalue weighted by Crippen LogP contribution is -2.44. The summed E-state index contributed by atoms with van der Waals surface area (Å²) in [5, 5.41) is 1.58. The third-order valence-electron chi connectivity index (χ3n) is 5.33. The number of anilines is 1. The third kappa shape index (κ3) is 3.85. The highest BCUT2D eigenvalue weighted by molar-refractivity contribution is 9.10. The van der Waals surface area contributed by atoms with Gasteiger partial charge in [0.25, 0.3) is 17.7 Å². The fraction of sp³-hybridized carbons (Fsp3) is 0.0417. The average molecular weight is 560 g/mol. The minimum absolute atomic E-state index is 0.263. The number of carbonyl (C=O) groups is 3. The predicted molar refractivity (Wildman–Crippen MR) is 135 cm³/mol. The van der Waals surface area contributed by atoms with Crippen LogP contribution in [-0.2, 0) is 0 Å². The zero-order valence-electron chi connectivity index (χ0n) is 16.7. The van der Waals surface area contributed by atoms with E-state index in [4.69, 9.17) is 23.2 Å². The molecule has 0 unspecified atom stereocenters. The number of benzene rings is 3. The van der Waals surface area contributed by atoms with Crippen molar-refractivity contribution in [3.8, 4) is 0 Å². The molecule has 1 aliphatic heterocycles. The Morgan fingerprint density at radius 2 is 1.58 bits per heavy atom. The number of hydrogen-bond acceptors (Lipinski definition) is 4. The van der Waals surface area contributed by atoms with Crippen LogP contribution < -0.4 is 4.90 Å². The highest BCUT2D eigenvalue weighted by Crippen LogP contribution is 2.38. The van der Waals surface area contributed by atoms with E-state index >= 15 is 0 Å². The van der Waals surface area contributed by atoms with Crippen molar-refractivity contribution in [2.24, 2.45) is 0 Å². The van der Waals surface area contributed by atoms with Gasteiger partial charge in [0.05, 0.1) is 16.1 Å². The summed E-state index contributed by atoms with van der Waals surface area (Å²) in [6.45, 7) is -0.263. The fourth-order valence-electron chi connectivity index (χ4n) is 3.69. The van der Waals surface area contributed by atoms with E-state index in [1.165, 1.54) is 16.2 Å². The molecule has 3 aromatic carbocycles. The van der Waals surface area contributed by atoms with Gasteiger partial charge in [-0.25, -0.2) is 0 Å². The van der Waals surface area contributed by atoms with Gasteiger partial charge in [-0.2, -0.15) is 0 Å². The van der Waals surface area contributed by atoms with Crippen molar-refractivity contribution in [2.45, 2.75) is 0 Å². The maximum atomic E-state index is 13.7. The van der Waals surface area contributed by atoms with E-state index in [1.54, 1.807) is 48.5 Å². The zero-order valence-corrected chi connectivity index (χ0v) is 20.6. The van der Waals surface area contributed by atoms with Crippen LogP contribution >= 0.6 is 50.5 Å². The van der Waals surface area contributed by atoms with Crippen LogP contribution in [0.15, 0.2) is 71.2 Å². The van der Waals surface area contributed by atoms with Gasteiger partial charge in [-0.05, 0) is 48.5 Å². The van der Waals surface area contributed by atoms with E-state index in [0.717, 1.165) is 19.5 Å². The number of nitrogens with zero attached hydrogens (tertiary/aromatic N) is 2. The maximum Gasteiger partial charge on any atom is 0.271 e. The topological polar surface area (TPSA) is 57.7 Å². The Hall–Kier alpha value is -2.71. The Kier molecular flexibility index (Phi) is 5.74. The first kappa shape index (κ1) is 22.1. The monoisotopic (exact) mass is 558 g/mol. The van der Waals surface area contributed by atoms with Crippen LogP contribution in [0.25, 0.3) is 10.1 Å². The average Bonchev–Trinajstić information content (AvgIpc) is 3.26. The largest absolute Gasteiger partial charge is 0.289 e. The molecule has 9 heteroatoms. The van der Waals surface area contributed by atoms with E-state index in [0.29, 0.717) is 31.7 Å². The Balaban J connectivity index is 1.57. The van der Waals surface area contributed by atoms with Gasteiger partial charge >= 0.3 is 0 Å². The third-order valence-corrected chi connectivity index (χ3v) is 7.72. The second-order valence-corrected chi connectivity index (χ2v) is 10.1. The smallest absolute Gasteiger partial charge is 0.271 e. The molecule has 33 heavy (non-hydrogen) atoms. The van der Waals surface area contributed by atoms with Crippen LogP contribution in [0.5, 0.6) is 0 Å². The number of amides is 3. The summed E-state index contributed by atoms with van der Waals surface area (Å²) in [4.78, 5) is 42.4. The Morgan fingerprint density at radius 3 is 2.21 bits per heavy atom. The molecule has 164 valence electrons. The van der Waals surface area contributed by atoms with E-state index in [1.807, 2.05) is 18.2 Å². The highest BCUT2D eigenvalue weighted by Gasteiger charge is 2.38. The van der Waals surface area contributed by atoms with Crippen molar-refractivity contribution in [3.05, 3.63) is 97.3 Å². The summed E-state index contributed by atoms with van der Waals surface area (Å²) in [6, 6.07) is 18.8. The van der Waals surface area contributed by atoms with Crippen LogP contribution in [-0.4, -0.2) is 29.3 Å². The molecule has 0 N–H and O–H groups in total. The highest BCUT2D eigenvalue weighted by atomic mass is 79.9. The number of halogens is 3. The quantitative estimate of drug-likeness (QED) is 0.256. The molecule has 3 amide bonds. The lowest BCUT2D eigenvalue weighted by molar-refractivity contribution is 0.0650. The van der Waals surface area contributed by atoms with Crippen molar-refractivity contribution in [1.29, 1.82) is 0 Å². The standard InChI is InChI=1S/C24H13BrCl2N2O3S/c25-13-5-10-18-19(11-13)33-21(20(18)27)24(32)28(15-8-6-14(26)7-9-15)12-29-22(30)16-3-1-2-4-17(16)23(29)31/h1-11H,12H2. The van der Waals surface area contributed by atoms with Crippen molar-refractivity contribution in [2.75, 3.05) is 11.6 Å². The number of hydrogen-bond donors (Lipinski definition) is 0. The Morgan fingerprint density at radius 1 is 0.939 bits per heavy atom. The molecule has 0 atom stereocenters. The zero-order chi connectivity index (χ0) is 23.3. The van der Waals surface area contributed by atoms with Crippen molar-refractivity contribution in [3.63, 3.8) is 0 Å². The maximum absolute atomic E-state index is 13.7. The molecule has 2 heterocycles. The van der Waals surface area contributed by atoms with Crippen molar-refractivity contribution >= 4 is 84.0 Å². The Bertz CT molecular complexity index is 1420. The molecule has 1 aliphatic rings. The van der Waals surface area contributed by atoms with Crippen molar-refractivity contribution in [1.82, 2.24) is 4.90 Å². The lowest BCUT2D eigenvalue weighted by atomic mass is 10.1. The van der Waals surface area contributed by atoms with Gasteiger partial charge in [0.2, 0.25) is 0 Å². The molecule has 0 aliphatic carbocycles. The summed E-state index contributed by atoms with van der Waals surface area (Å²) in [7, 11) is 0. The summed E-state index contributed by atoms with van der Waals surface area (Å²) in [5.74, 6) is -1.32. The van der Waals surface area contributed by atoms with Crippen LogP contribution in [0.1, 0.15) is 30.4 Å². The van der Waals surface area contributed by atoms with Crippen LogP contribution in [0, 0.1) is 0 Å². The summed E-state index contributed by atoms with van der Waals surface area (Å²) < 4.78 is 1.71. The first-order valence-corrected chi connectivity index (χ1v) is 12.1. The molecular weight excluding hydrogens is 547 g/mol. The normalized spacial score (nSPS) is 13.0. The van der Waals surface area contributed by atoms with E-state index in [9.17, 15) is 14.4 Å². The number of imide groups is 1.